The molecule has 0 bridgehead atoms. The molecule has 0 radical (unpaired) electrons. The fourth-order valence-electron chi connectivity index (χ4n) is 3.99. The molecule has 0 aliphatic rings. The van der Waals surface area contributed by atoms with Crippen LogP contribution in [-0.2, 0) is 9.59 Å². The normalized spacial score (nSPS) is 12.9. The maximum absolute atomic E-state index is 13.2. The van der Waals surface area contributed by atoms with E-state index in [1.54, 1.807) is 11.4 Å². The second-order valence-electron chi connectivity index (χ2n) is 8.94. The number of hydrogen-bond acceptors (Lipinski definition) is 4. The van der Waals surface area contributed by atoms with Crippen LogP contribution in [0.4, 0.5) is 5.69 Å². The van der Waals surface area contributed by atoms with Crippen LogP contribution in [0.2, 0.25) is 0 Å². The van der Waals surface area contributed by atoms with E-state index in [1.807, 2.05) is 0 Å². The van der Waals surface area contributed by atoms with Gasteiger partial charge in [0.25, 0.3) is 0 Å². The molecule has 1 aromatic rings. The molecule has 0 aromatic carbocycles. The van der Waals surface area contributed by atoms with Gasteiger partial charge in [0.15, 0.2) is 5.78 Å². The summed E-state index contributed by atoms with van der Waals surface area (Å²) in [6.07, 6.45) is 9.68. The second kappa shape index (κ2) is 16.0. The lowest BCUT2D eigenvalue weighted by molar-refractivity contribution is -0.132. The van der Waals surface area contributed by atoms with Crippen LogP contribution in [0, 0.1) is 11.8 Å². The van der Waals surface area contributed by atoms with Crippen molar-refractivity contribution in [1.82, 2.24) is 4.90 Å². The molecule has 1 aromatic heterocycles. The van der Waals surface area contributed by atoms with E-state index in [0.717, 1.165) is 38.8 Å². The molecule has 2 unspecified atom stereocenters. The number of hydrogen-bond donors (Lipinski definition) is 1. The van der Waals surface area contributed by atoms with Crippen molar-refractivity contribution in [2.45, 2.75) is 98.8 Å². The number of ketones is 1. The molecule has 1 rings (SSSR count). The Hall–Kier alpha value is -1.69. The van der Waals surface area contributed by atoms with Crippen molar-refractivity contribution >= 4 is 34.6 Å². The Morgan fingerprint density at radius 1 is 0.938 bits per heavy atom. The smallest absolute Gasteiger partial charge is 0.223 e. The zero-order valence-electron chi connectivity index (χ0n) is 20.9. The number of nitrogens with zero attached hydrogens (tertiary/aromatic N) is 1. The first-order chi connectivity index (χ1) is 15.3. The van der Waals surface area contributed by atoms with E-state index >= 15 is 0 Å². The van der Waals surface area contributed by atoms with Gasteiger partial charge in [-0.05, 0) is 30.7 Å². The average molecular weight is 465 g/mol. The van der Waals surface area contributed by atoms with Crippen molar-refractivity contribution in [2.24, 2.45) is 11.8 Å². The summed E-state index contributed by atoms with van der Waals surface area (Å²) in [6.45, 7) is 11.9. The molecular weight excluding hydrogens is 420 g/mol. The van der Waals surface area contributed by atoms with Gasteiger partial charge >= 0.3 is 0 Å². The van der Waals surface area contributed by atoms with Crippen LogP contribution in [0.25, 0.3) is 0 Å². The fraction of sp³-hybridized carbons (Fsp3) is 0.731. The Bertz CT molecular complexity index is 683. The molecule has 1 N–H and O–H groups in total. The molecule has 0 saturated heterocycles. The van der Waals surface area contributed by atoms with E-state index in [1.165, 1.54) is 43.9 Å². The van der Waals surface area contributed by atoms with E-state index < -0.39 is 0 Å². The van der Waals surface area contributed by atoms with Crippen LogP contribution in [0.1, 0.15) is 108 Å². The van der Waals surface area contributed by atoms with Crippen LogP contribution in [0.15, 0.2) is 11.4 Å². The monoisotopic (exact) mass is 464 g/mol. The summed E-state index contributed by atoms with van der Waals surface area (Å²) in [5.41, 5.74) is 0.641. The van der Waals surface area contributed by atoms with Crippen LogP contribution < -0.4 is 5.32 Å². The summed E-state index contributed by atoms with van der Waals surface area (Å²) < 4.78 is 0. The van der Waals surface area contributed by atoms with Gasteiger partial charge in [0.05, 0.1) is 10.6 Å². The summed E-state index contributed by atoms with van der Waals surface area (Å²) in [6, 6.07) is 1.70. The average Bonchev–Trinajstić information content (AvgIpc) is 3.24. The van der Waals surface area contributed by atoms with Gasteiger partial charge in [-0.2, -0.15) is 0 Å². The summed E-state index contributed by atoms with van der Waals surface area (Å²) in [5, 5.41) is 4.46. The summed E-state index contributed by atoms with van der Waals surface area (Å²) in [7, 11) is 0. The van der Waals surface area contributed by atoms with Crippen LogP contribution in [0.3, 0.4) is 0 Å². The van der Waals surface area contributed by atoms with E-state index in [4.69, 9.17) is 0 Å². The lowest BCUT2D eigenvalue weighted by Crippen LogP contribution is -2.39. The highest BCUT2D eigenvalue weighted by molar-refractivity contribution is 7.12. The molecule has 0 spiro atoms. The number of carbonyl (C=O) groups is 3. The highest BCUT2D eigenvalue weighted by Crippen LogP contribution is 2.23. The Morgan fingerprint density at radius 2 is 1.50 bits per heavy atom. The molecule has 2 amide bonds. The lowest BCUT2D eigenvalue weighted by Gasteiger charge is -2.31. The minimum atomic E-state index is -0.158. The number of Topliss-reactive ketones (excluding diaryl/α,β-unsaturated/α-hetero) is 1. The molecule has 5 nitrogen and oxygen atoms in total. The van der Waals surface area contributed by atoms with Crippen molar-refractivity contribution in [3.63, 3.8) is 0 Å². The number of thiophene rings is 1. The van der Waals surface area contributed by atoms with Crippen molar-refractivity contribution < 1.29 is 14.4 Å². The fourth-order valence-corrected chi connectivity index (χ4v) is 4.80. The zero-order valence-corrected chi connectivity index (χ0v) is 21.7. The van der Waals surface area contributed by atoms with Gasteiger partial charge in [0, 0.05) is 38.2 Å². The maximum Gasteiger partial charge on any atom is 0.223 e. The minimum absolute atomic E-state index is 0.0315. The molecule has 2 atom stereocenters. The number of amides is 2. The number of unbranched alkanes of at least 4 members (excludes halogenated alkanes) is 2. The molecule has 182 valence electrons. The summed E-state index contributed by atoms with van der Waals surface area (Å²) in [5.74, 6) is 0.958. The number of rotatable bonds is 17. The van der Waals surface area contributed by atoms with E-state index in [2.05, 4.69) is 37.9 Å². The van der Waals surface area contributed by atoms with E-state index in [9.17, 15) is 14.4 Å². The predicted octanol–water partition coefficient (Wildman–Crippen LogP) is 6.93. The zero-order chi connectivity index (χ0) is 23.9. The Morgan fingerprint density at radius 3 is 1.97 bits per heavy atom. The first kappa shape index (κ1) is 28.3. The second-order valence-corrected chi connectivity index (χ2v) is 9.85. The number of nitrogens with one attached hydrogen (secondary N) is 1. The first-order valence-corrected chi connectivity index (χ1v) is 13.4. The van der Waals surface area contributed by atoms with Gasteiger partial charge in [-0.3, -0.25) is 14.4 Å². The summed E-state index contributed by atoms with van der Waals surface area (Å²) >= 11 is 1.32. The third-order valence-corrected chi connectivity index (χ3v) is 7.13. The van der Waals surface area contributed by atoms with Gasteiger partial charge in [-0.25, -0.2) is 0 Å². The van der Waals surface area contributed by atoms with Crippen LogP contribution in [-0.4, -0.2) is 35.6 Å². The van der Waals surface area contributed by atoms with Crippen molar-refractivity contribution in [1.29, 1.82) is 0 Å². The van der Waals surface area contributed by atoms with Crippen LogP contribution >= 0.6 is 11.3 Å². The van der Waals surface area contributed by atoms with Gasteiger partial charge in [-0.15, -0.1) is 11.3 Å². The standard InChI is InChI=1S/C26H44N2O3S/c1-6-10-12-21(8-3)17-28(18-22(9-4)13-11-7-2)26(31)15-14-24(30)25-16-23(19-32-25)27-20(5)29/h16,19,21-22H,6-15,17-18H2,1-5H3,(H,27,29). The highest BCUT2D eigenvalue weighted by Gasteiger charge is 2.22. The number of carbonyl (C=O) groups excluding carboxylic acids is 3. The first-order valence-electron chi connectivity index (χ1n) is 12.5. The Labute approximate surface area is 199 Å². The third kappa shape index (κ3) is 10.8. The molecule has 6 heteroatoms. The SMILES string of the molecule is CCCCC(CC)CN(CC(CC)CCCC)C(=O)CCC(=O)c1cc(NC(C)=O)cs1. The Balaban J connectivity index is 2.78. The van der Waals surface area contributed by atoms with Gasteiger partial charge < -0.3 is 10.2 Å². The highest BCUT2D eigenvalue weighted by atomic mass is 32.1. The molecule has 0 fully saturated rings. The van der Waals surface area contributed by atoms with E-state index in [-0.39, 0.29) is 30.4 Å². The molecule has 32 heavy (non-hydrogen) atoms. The number of anilines is 1. The lowest BCUT2D eigenvalue weighted by atomic mass is 9.95. The molecule has 0 saturated carbocycles. The molecule has 1 heterocycles. The minimum Gasteiger partial charge on any atom is -0.342 e. The third-order valence-electron chi connectivity index (χ3n) is 6.16. The van der Waals surface area contributed by atoms with Crippen LogP contribution in [0.5, 0.6) is 0 Å². The summed E-state index contributed by atoms with van der Waals surface area (Å²) in [4.78, 5) is 39.7. The van der Waals surface area contributed by atoms with Gasteiger partial charge in [0.2, 0.25) is 11.8 Å². The predicted molar refractivity (Wildman–Crippen MR) is 135 cm³/mol. The topological polar surface area (TPSA) is 66.5 Å². The van der Waals surface area contributed by atoms with Gasteiger partial charge in [0.1, 0.15) is 0 Å². The van der Waals surface area contributed by atoms with Crippen molar-refractivity contribution in [2.75, 3.05) is 18.4 Å². The largest absolute Gasteiger partial charge is 0.342 e. The Kier molecular flexibility index (Phi) is 14.2. The molecule has 0 aliphatic carbocycles. The van der Waals surface area contributed by atoms with Crippen molar-refractivity contribution in [3.8, 4) is 0 Å². The maximum atomic E-state index is 13.2. The van der Waals surface area contributed by atoms with Crippen molar-refractivity contribution in [3.05, 3.63) is 16.3 Å². The van der Waals surface area contributed by atoms with E-state index in [0.29, 0.717) is 22.4 Å². The molecular formula is C26H44N2O3S. The van der Waals surface area contributed by atoms with Gasteiger partial charge in [-0.1, -0.05) is 66.2 Å². The molecule has 0 aliphatic heterocycles. The quantitative estimate of drug-likeness (QED) is 0.254.